The molecule has 14 heteroatoms. The Balaban J connectivity index is 1.90. The highest BCUT2D eigenvalue weighted by Crippen LogP contribution is 2.52. The second kappa shape index (κ2) is 10.1. The Hall–Kier alpha value is -2.83. The number of hydrogen-bond donors (Lipinski definition) is 3. The third-order valence-corrected chi connectivity index (χ3v) is 9.03. The third kappa shape index (κ3) is 5.55. The summed E-state index contributed by atoms with van der Waals surface area (Å²) in [6.07, 6.45) is 2.70. The van der Waals surface area contributed by atoms with Gasteiger partial charge in [0.25, 0.3) is 0 Å². The van der Waals surface area contributed by atoms with Gasteiger partial charge in [0.05, 0.1) is 29.9 Å². The first-order valence-corrected chi connectivity index (χ1v) is 16.0. The van der Waals surface area contributed by atoms with Crippen molar-refractivity contribution in [2.45, 2.75) is 27.2 Å². The van der Waals surface area contributed by atoms with Crippen LogP contribution in [0, 0.1) is 5.92 Å². The average molecular weight is 567 g/mol. The van der Waals surface area contributed by atoms with E-state index in [1.54, 1.807) is 19.1 Å². The fourth-order valence-corrected chi connectivity index (χ4v) is 6.98. The average Bonchev–Trinajstić information content (AvgIpc) is 3.33. The predicted octanol–water partition coefficient (Wildman–Crippen LogP) is 4.01. The number of carbonyl (C=O) groups excluding carboxylic acids is 1. The molecular formula is C23H29N5O6PS2+. The molecule has 2 atom stereocenters. The van der Waals surface area contributed by atoms with Crippen molar-refractivity contribution in [2.24, 2.45) is 15.8 Å². The van der Waals surface area contributed by atoms with Crippen LogP contribution in [0.25, 0.3) is 0 Å². The van der Waals surface area contributed by atoms with Gasteiger partial charge in [0, 0.05) is 23.1 Å². The van der Waals surface area contributed by atoms with Gasteiger partial charge in [-0.1, -0.05) is 23.5 Å². The molecule has 0 fully saturated rings. The fraction of sp³-hybridized carbons (Fsp3) is 0.348. The van der Waals surface area contributed by atoms with E-state index in [0.29, 0.717) is 17.7 Å². The van der Waals surface area contributed by atoms with Crippen LogP contribution in [0.1, 0.15) is 32.8 Å². The number of quaternary nitrogens is 1. The number of guanidine groups is 1. The maximum Gasteiger partial charge on any atom is 0.376 e. The van der Waals surface area contributed by atoms with Crippen molar-refractivity contribution in [1.29, 1.82) is 0 Å². The minimum atomic E-state index is -3.96. The lowest BCUT2D eigenvalue weighted by Crippen LogP contribution is -2.59. The highest BCUT2D eigenvalue weighted by Gasteiger charge is 2.51. The van der Waals surface area contributed by atoms with Crippen molar-refractivity contribution in [3.8, 4) is 0 Å². The van der Waals surface area contributed by atoms with E-state index in [1.807, 2.05) is 24.6 Å². The van der Waals surface area contributed by atoms with Crippen LogP contribution in [-0.2, 0) is 23.9 Å². The molecule has 3 N–H and O–H groups in total. The van der Waals surface area contributed by atoms with Gasteiger partial charge in [0.15, 0.2) is 11.5 Å². The second-order valence-corrected chi connectivity index (χ2v) is 13.6. The number of rotatable bonds is 8. The molecule has 0 bridgehead atoms. The monoisotopic (exact) mass is 566 g/mol. The number of hydrogen-bond acceptors (Lipinski definition) is 9. The Morgan fingerprint density at radius 3 is 2.68 bits per heavy atom. The lowest BCUT2D eigenvalue weighted by atomic mass is 10.1. The van der Waals surface area contributed by atoms with Crippen molar-refractivity contribution in [1.82, 2.24) is 0 Å². The summed E-state index contributed by atoms with van der Waals surface area (Å²) in [5.74, 6) is -0.606. The molecule has 0 aliphatic carbocycles. The molecule has 0 saturated carbocycles. The number of aliphatic hydroxyl groups excluding tert-OH is 1. The van der Waals surface area contributed by atoms with Crippen LogP contribution in [0.5, 0.6) is 0 Å². The van der Waals surface area contributed by atoms with Crippen LogP contribution in [0.15, 0.2) is 56.7 Å². The van der Waals surface area contributed by atoms with Crippen molar-refractivity contribution < 1.29 is 32.0 Å². The van der Waals surface area contributed by atoms with E-state index in [1.165, 1.54) is 23.5 Å². The van der Waals surface area contributed by atoms with E-state index in [9.17, 15) is 22.9 Å². The number of sulfonamides is 1. The smallest absolute Gasteiger partial charge is 0.376 e. The summed E-state index contributed by atoms with van der Waals surface area (Å²) in [6, 6.07) is 6.25. The largest absolute Gasteiger partial charge is 0.505 e. The summed E-state index contributed by atoms with van der Waals surface area (Å²) in [6.45, 7) is 5.93. The molecule has 0 spiro atoms. The zero-order chi connectivity index (χ0) is 27.0. The van der Waals surface area contributed by atoms with Crippen molar-refractivity contribution in [2.75, 3.05) is 29.4 Å². The Kier molecular flexibility index (Phi) is 7.46. The van der Waals surface area contributed by atoms with Gasteiger partial charge in [-0.3, -0.25) is 14.6 Å². The van der Waals surface area contributed by atoms with Gasteiger partial charge in [-0.2, -0.15) is 11.3 Å². The van der Waals surface area contributed by atoms with Crippen LogP contribution < -0.4 is 15.3 Å². The number of amides is 1. The number of carbonyl (C=O) groups is 1. The molecule has 0 radical (unpaired) electrons. The van der Waals surface area contributed by atoms with E-state index in [2.05, 4.69) is 14.8 Å². The molecular weight excluding hydrogens is 537 g/mol. The first-order valence-electron chi connectivity index (χ1n) is 11.6. The van der Waals surface area contributed by atoms with Gasteiger partial charge in [-0.15, -0.1) is 4.76 Å². The summed E-state index contributed by atoms with van der Waals surface area (Å²) in [4.78, 5) is 13.5. The molecule has 198 valence electrons. The van der Waals surface area contributed by atoms with Crippen LogP contribution in [0.4, 0.5) is 11.4 Å². The van der Waals surface area contributed by atoms with E-state index < -0.39 is 28.0 Å². The number of benzene rings is 1. The van der Waals surface area contributed by atoms with Gasteiger partial charge >= 0.3 is 19.4 Å². The summed E-state index contributed by atoms with van der Waals surface area (Å²) in [7, 11) is -7.54. The van der Waals surface area contributed by atoms with Crippen molar-refractivity contribution in [3.05, 3.63) is 52.4 Å². The first kappa shape index (κ1) is 27.2. The quantitative estimate of drug-likeness (QED) is 0.323. The van der Waals surface area contributed by atoms with E-state index in [4.69, 9.17) is 9.63 Å². The molecule has 2 aliphatic heterocycles. The zero-order valence-corrected chi connectivity index (χ0v) is 23.4. The minimum absolute atomic E-state index is 0.00441. The van der Waals surface area contributed by atoms with Crippen molar-refractivity contribution >= 4 is 63.1 Å². The number of anilines is 2. The maximum absolute atomic E-state index is 14.1. The number of fused-ring (bicyclic) bond motifs is 1. The van der Waals surface area contributed by atoms with Crippen LogP contribution >= 0.6 is 18.9 Å². The maximum atomic E-state index is 14.1. The molecule has 4 rings (SSSR count). The van der Waals surface area contributed by atoms with Gasteiger partial charge in [-0.05, 0) is 42.5 Å². The van der Waals surface area contributed by atoms with E-state index in [-0.39, 0.29) is 47.5 Å². The second-order valence-electron chi connectivity index (χ2n) is 9.10. The number of nitrogens with one attached hydrogen (secondary N) is 2. The minimum Gasteiger partial charge on any atom is -0.505 e. The standard InChI is InChI=1S/C23H28N5O6PS2/c1-5-34-35(31)20-12-17(27-37(4,32)33)6-7-18(20)24-23(26-35)28(10-8-15(2)3)21(30)13-19(29)22(25-28)16-9-11-36-14-16/h6-7,9,11-15H,5,8,10H2,1-4H3,(H2-,24,25,26,27,29,30,31)/p+1. The lowest BCUT2D eigenvalue weighted by Gasteiger charge is -2.35. The fourth-order valence-electron chi connectivity index (χ4n) is 3.94. The van der Waals surface area contributed by atoms with E-state index >= 15 is 0 Å². The number of thiophene rings is 1. The molecule has 2 aromatic rings. The lowest BCUT2D eigenvalue weighted by molar-refractivity contribution is -0.769. The summed E-state index contributed by atoms with van der Waals surface area (Å²) >= 11 is 1.42. The molecule has 1 aromatic heterocycles. The summed E-state index contributed by atoms with van der Waals surface area (Å²) < 4.78 is 49.4. The number of aliphatic hydroxyl groups is 1. The van der Waals surface area contributed by atoms with Gasteiger partial charge in [0.2, 0.25) is 10.0 Å². The molecule has 1 amide bonds. The Morgan fingerprint density at radius 1 is 1.30 bits per heavy atom. The first-order chi connectivity index (χ1) is 17.4. The van der Waals surface area contributed by atoms with Gasteiger partial charge < -0.3 is 9.63 Å². The molecule has 11 nitrogen and oxygen atoms in total. The topological polar surface area (TPSA) is 147 Å². The number of allylic oxidation sites excluding steroid dienone is 1. The zero-order valence-electron chi connectivity index (χ0n) is 20.8. The SMILES string of the molecule is CCOP1(=O)N=C([N+]2(CCC(C)C)N=C(c3ccsc3)C(O)=CC2=O)Nc2ccc(NS(C)(=O)=O)cc21. The Labute approximate surface area is 219 Å². The van der Waals surface area contributed by atoms with Crippen LogP contribution in [0.2, 0.25) is 0 Å². The molecule has 0 saturated heterocycles. The van der Waals surface area contributed by atoms with Crippen molar-refractivity contribution in [3.63, 3.8) is 0 Å². The Bertz CT molecular complexity index is 1470. The number of nitrogens with zero attached hydrogens (tertiary/aromatic N) is 3. The molecule has 2 aliphatic rings. The van der Waals surface area contributed by atoms with Crippen LogP contribution in [0.3, 0.4) is 0 Å². The van der Waals surface area contributed by atoms with Gasteiger partial charge in [-0.25, -0.2) is 13.2 Å². The summed E-state index contributed by atoms with van der Waals surface area (Å²) in [5, 5.41) is 22.2. The summed E-state index contributed by atoms with van der Waals surface area (Å²) in [5.41, 5.74) is 1.41. The molecule has 2 unspecified atom stereocenters. The molecule has 3 heterocycles. The molecule has 1 aromatic carbocycles. The highest BCUT2D eigenvalue weighted by molar-refractivity contribution is 7.92. The van der Waals surface area contributed by atoms with E-state index in [0.717, 1.165) is 12.3 Å². The van der Waals surface area contributed by atoms with Gasteiger partial charge in [0.1, 0.15) is 6.54 Å². The Morgan fingerprint density at radius 2 is 2.05 bits per heavy atom. The predicted molar refractivity (Wildman–Crippen MR) is 146 cm³/mol. The molecule has 37 heavy (non-hydrogen) atoms. The normalized spacial score (nSPS) is 23.6. The third-order valence-electron chi connectivity index (χ3n) is 5.70. The highest BCUT2D eigenvalue weighted by atomic mass is 32.2. The van der Waals surface area contributed by atoms with Crippen LogP contribution in [-0.4, -0.2) is 55.1 Å².